The van der Waals surface area contributed by atoms with Crippen LogP contribution in [0.5, 0.6) is 0 Å². The topological polar surface area (TPSA) is 24.5 Å². The third kappa shape index (κ3) is 6.24. The molecule has 1 aliphatic rings. The minimum Gasteiger partial charge on any atom is -0.383 e. The number of hydrogen-bond donors (Lipinski definition) is 1. The summed E-state index contributed by atoms with van der Waals surface area (Å²) in [6.45, 7) is 13.7. The maximum Gasteiger partial charge on any atom is 0.0589 e. The smallest absolute Gasteiger partial charge is 0.0589 e. The van der Waals surface area contributed by atoms with Crippen LogP contribution in [0.1, 0.15) is 46.5 Å². The number of nitrogens with one attached hydrogen (secondary N) is 1. The number of ether oxygens (including phenoxy) is 1. The summed E-state index contributed by atoms with van der Waals surface area (Å²) in [6.07, 6.45) is 5.35. The van der Waals surface area contributed by atoms with Gasteiger partial charge in [-0.3, -0.25) is 0 Å². The number of methoxy groups -OCH3 is 1. The van der Waals surface area contributed by atoms with E-state index in [1.165, 1.54) is 51.9 Å². The Morgan fingerprint density at radius 3 is 2.47 bits per heavy atom. The maximum absolute atomic E-state index is 5.28. The second-order valence-electron chi connectivity index (χ2n) is 6.62. The Balaban J connectivity index is 2.59. The minimum atomic E-state index is 0.544. The Kier molecular flexibility index (Phi) is 7.96. The summed E-state index contributed by atoms with van der Waals surface area (Å²) in [5.74, 6) is 0.734. The van der Waals surface area contributed by atoms with Crippen LogP contribution in [-0.2, 0) is 4.74 Å². The zero-order chi connectivity index (χ0) is 14.1. The molecule has 1 N–H and O–H groups in total. The van der Waals surface area contributed by atoms with E-state index in [0.29, 0.717) is 5.41 Å². The molecule has 0 bridgehead atoms. The lowest BCUT2D eigenvalue weighted by atomic mass is 9.75. The van der Waals surface area contributed by atoms with Crippen molar-refractivity contribution in [2.75, 3.05) is 46.4 Å². The highest BCUT2D eigenvalue weighted by Gasteiger charge is 2.32. The van der Waals surface area contributed by atoms with E-state index in [1.807, 2.05) is 0 Å². The normalized spacial score (nSPS) is 19.3. The predicted molar refractivity (Wildman–Crippen MR) is 82.6 cm³/mol. The zero-order valence-electron chi connectivity index (χ0n) is 13.5. The molecule has 0 radical (unpaired) electrons. The Morgan fingerprint density at radius 1 is 1.26 bits per heavy atom. The lowest BCUT2D eigenvalue weighted by Crippen LogP contribution is -2.46. The van der Waals surface area contributed by atoms with Crippen LogP contribution in [0.25, 0.3) is 0 Å². The second kappa shape index (κ2) is 8.93. The van der Waals surface area contributed by atoms with Gasteiger partial charge in [0.2, 0.25) is 0 Å². The van der Waals surface area contributed by atoms with Crippen LogP contribution in [-0.4, -0.2) is 51.3 Å². The molecule has 0 atom stereocenters. The number of nitrogens with zero attached hydrogens (tertiary/aromatic N) is 1. The van der Waals surface area contributed by atoms with Crippen LogP contribution in [0.3, 0.4) is 0 Å². The molecule has 0 aliphatic carbocycles. The van der Waals surface area contributed by atoms with Gasteiger partial charge in [-0.15, -0.1) is 0 Å². The van der Waals surface area contributed by atoms with E-state index in [1.54, 1.807) is 7.11 Å². The van der Waals surface area contributed by atoms with Crippen molar-refractivity contribution in [2.45, 2.75) is 46.5 Å². The number of rotatable bonds is 9. The van der Waals surface area contributed by atoms with Crippen LogP contribution in [0.4, 0.5) is 0 Å². The highest BCUT2D eigenvalue weighted by molar-refractivity contribution is 4.87. The van der Waals surface area contributed by atoms with Gasteiger partial charge in [0, 0.05) is 26.7 Å². The summed E-state index contributed by atoms with van der Waals surface area (Å²) >= 11 is 0. The number of hydrogen-bond acceptors (Lipinski definition) is 3. The van der Waals surface area contributed by atoms with Crippen LogP contribution in [0.2, 0.25) is 0 Å². The first kappa shape index (κ1) is 16.9. The summed E-state index contributed by atoms with van der Waals surface area (Å²) in [5, 5.41) is 3.51. The summed E-state index contributed by atoms with van der Waals surface area (Å²) < 4.78 is 5.28. The molecule has 0 amide bonds. The van der Waals surface area contributed by atoms with E-state index in [4.69, 9.17) is 4.74 Å². The Hall–Kier alpha value is -0.120. The Morgan fingerprint density at radius 2 is 1.95 bits per heavy atom. The van der Waals surface area contributed by atoms with Crippen molar-refractivity contribution in [1.29, 1.82) is 0 Å². The van der Waals surface area contributed by atoms with Crippen molar-refractivity contribution >= 4 is 0 Å². The van der Waals surface area contributed by atoms with E-state index in [0.717, 1.165) is 19.1 Å². The summed E-state index contributed by atoms with van der Waals surface area (Å²) in [4.78, 5) is 2.63. The zero-order valence-corrected chi connectivity index (χ0v) is 13.5. The van der Waals surface area contributed by atoms with E-state index in [-0.39, 0.29) is 0 Å². The van der Waals surface area contributed by atoms with Crippen LogP contribution in [0.15, 0.2) is 0 Å². The average molecular weight is 270 g/mol. The molecule has 1 saturated heterocycles. The average Bonchev–Trinajstić information content (AvgIpc) is 2.36. The van der Waals surface area contributed by atoms with Gasteiger partial charge in [0.1, 0.15) is 0 Å². The number of piperidine rings is 1. The molecule has 3 heteroatoms. The molecular weight excluding hydrogens is 236 g/mol. The first-order valence-corrected chi connectivity index (χ1v) is 8.04. The van der Waals surface area contributed by atoms with Gasteiger partial charge in [0.15, 0.2) is 0 Å². The van der Waals surface area contributed by atoms with Gasteiger partial charge < -0.3 is 15.0 Å². The highest BCUT2D eigenvalue weighted by atomic mass is 16.5. The molecule has 0 aromatic carbocycles. The Labute approximate surface area is 120 Å². The van der Waals surface area contributed by atoms with Gasteiger partial charge in [-0.05, 0) is 43.7 Å². The van der Waals surface area contributed by atoms with Gasteiger partial charge >= 0.3 is 0 Å². The fraction of sp³-hybridized carbons (Fsp3) is 1.00. The molecule has 1 aliphatic heterocycles. The van der Waals surface area contributed by atoms with Gasteiger partial charge in [-0.1, -0.05) is 27.2 Å². The largest absolute Gasteiger partial charge is 0.383 e. The van der Waals surface area contributed by atoms with Crippen molar-refractivity contribution in [3.05, 3.63) is 0 Å². The van der Waals surface area contributed by atoms with Crippen molar-refractivity contribution < 1.29 is 4.74 Å². The molecule has 19 heavy (non-hydrogen) atoms. The first-order valence-electron chi connectivity index (χ1n) is 8.04. The van der Waals surface area contributed by atoms with E-state index in [2.05, 4.69) is 31.0 Å². The van der Waals surface area contributed by atoms with Gasteiger partial charge in [0.05, 0.1) is 6.61 Å². The molecule has 0 spiro atoms. The standard InChI is InChI=1S/C16H34N2O/c1-5-6-16(7-9-17-10-8-16)14-18(11-12-19-4)13-15(2)3/h15,17H,5-14H2,1-4H3. The van der Waals surface area contributed by atoms with Crippen molar-refractivity contribution in [3.63, 3.8) is 0 Å². The molecule has 1 rings (SSSR count). The lowest BCUT2D eigenvalue weighted by Gasteiger charge is -2.42. The second-order valence-corrected chi connectivity index (χ2v) is 6.62. The summed E-state index contributed by atoms with van der Waals surface area (Å²) in [7, 11) is 1.81. The van der Waals surface area contributed by atoms with Crippen molar-refractivity contribution in [1.82, 2.24) is 10.2 Å². The van der Waals surface area contributed by atoms with Crippen LogP contribution in [0, 0.1) is 11.3 Å². The monoisotopic (exact) mass is 270 g/mol. The van der Waals surface area contributed by atoms with Crippen molar-refractivity contribution in [2.24, 2.45) is 11.3 Å². The molecule has 0 unspecified atom stereocenters. The SMILES string of the molecule is CCCC1(CN(CCOC)CC(C)C)CCNCC1. The third-order valence-corrected chi connectivity index (χ3v) is 4.24. The lowest BCUT2D eigenvalue weighted by molar-refractivity contribution is 0.0708. The van der Waals surface area contributed by atoms with E-state index >= 15 is 0 Å². The van der Waals surface area contributed by atoms with Gasteiger partial charge in [-0.25, -0.2) is 0 Å². The Bertz CT molecular complexity index is 219. The summed E-state index contributed by atoms with van der Waals surface area (Å²) in [6, 6.07) is 0. The molecule has 3 nitrogen and oxygen atoms in total. The van der Waals surface area contributed by atoms with Crippen LogP contribution >= 0.6 is 0 Å². The highest BCUT2D eigenvalue weighted by Crippen LogP contribution is 2.35. The molecular formula is C16H34N2O. The minimum absolute atomic E-state index is 0.544. The van der Waals surface area contributed by atoms with Crippen molar-refractivity contribution in [3.8, 4) is 0 Å². The van der Waals surface area contributed by atoms with Gasteiger partial charge in [0.25, 0.3) is 0 Å². The molecule has 0 saturated carbocycles. The fourth-order valence-corrected chi connectivity index (χ4v) is 3.42. The summed E-state index contributed by atoms with van der Waals surface area (Å²) in [5.41, 5.74) is 0.544. The third-order valence-electron chi connectivity index (χ3n) is 4.24. The molecule has 114 valence electrons. The molecule has 1 fully saturated rings. The van der Waals surface area contributed by atoms with Gasteiger partial charge in [-0.2, -0.15) is 0 Å². The molecule has 0 aromatic rings. The fourth-order valence-electron chi connectivity index (χ4n) is 3.42. The molecule has 1 heterocycles. The maximum atomic E-state index is 5.28. The first-order chi connectivity index (χ1) is 9.12. The molecule has 0 aromatic heterocycles. The van der Waals surface area contributed by atoms with Crippen LogP contribution < -0.4 is 5.32 Å². The quantitative estimate of drug-likeness (QED) is 0.697. The van der Waals surface area contributed by atoms with E-state index in [9.17, 15) is 0 Å². The predicted octanol–water partition coefficient (Wildman–Crippen LogP) is 2.76. The van der Waals surface area contributed by atoms with E-state index < -0.39 is 0 Å².